The van der Waals surface area contributed by atoms with Crippen LogP contribution in [0.3, 0.4) is 0 Å². The maximum absolute atomic E-state index is 12.9. The molecule has 4 nitrogen and oxygen atoms in total. The van der Waals surface area contributed by atoms with E-state index in [2.05, 4.69) is 21.0 Å². The summed E-state index contributed by atoms with van der Waals surface area (Å²) in [7, 11) is 0. The number of aromatic nitrogens is 3. The second-order valence-electron chi connectivity index (χ2n) is 5.86. The van der Waals surface area contributed by atoms with Gasteiger partial charge in [-0.3, -0.25) is 4.79 Å². The number of rotatable bonds is 3. The normalized spacial score (nSPS) is 11.4. The molecule has 3 heterocycles. The van der Waals surface area contributed by atoms with Crippen molar-refractivity contribution in [1.29, 1.82) is 0 Å². The second-order valence-corrected chi connectivity index (χ2v) is 6.72. The number of hydrogen-bond acceptors (Lipinski definition) is 3. The molecule has 0 aliphatic carbocycles. The average Bonchev–Trinajstić information content (AvgIpc) is 3.38. The van der Waals surface area contributed by atoms with Crippen molar-refractivity contribution in [3.8, 4) is 11.3 Å². The van der Waals surface area contributed by atoms with Gasteiger partial charge in [-0.25, -0.2) is 4.98 Å². The SMILES string of the molecule is O=C(c1nc(-c2c[nH]c3ccccc23)cs1)c1c[nH]c2ccccc12. The average molecular weight is 343 g/mol. The van der Waals surface area contributed by atoms with Gasteiger partial charge in [0.05, 0.1) is 11.3 Å². The standard InChI is InChI=1S/C20H13N3OS/c24-19(15-10-22-17-8-4-2-6-13(15)17)20-23-18(11-25-20)14-9-21-16-7-3-1-5-12(14)16/h1-11,21-22H. The molecule has 0 saturated carbocycles. The molecule has 0 fully saturated rings. The van der Waals surface area contributed by atoms with Crippen LogP contribution in [0.4, 0.5) is 0 Å². The van der Waals surface area contributed by atoms with Crippen molar-refractivity contribution in [3.05, 3.63) is 76.9 Å². The Balaban J connectivity index is 1.57. The highest BCUT2D eigenvalue weighted by molar-refractivity contribution is 7.12. The molecule has 0 radical (unpaired) electrons. The number of carbonyl (C=O) groups is 1. The topological polar surface area (TPSA) is 61.5 Å². The molecule has 2 aromatic carbocycles. The number of H-pyrrole nitrogens is 2. The van der Waals surface area contributed by atoms with Crippen molar-refractivity contribution in [2.45, 2.75) is 0 Å². The molecule has 25 heavy (non-hydrogen) atoms. The van der Waals surface area contributed by atoms with Crippen molar-refractivity contribution in [2.24, 2.45) is 0 Å². The van der Waals surface area contributed by atoms with Gasteiger partial charge in [0.25, 0.3) is 0 Å². The molecule has 0 unspecified atom stereocenters. The second kappa shape index (κ2) is 5.43. The number of ketones is 1. The number of aromatic amines is 2. The fourth-order valence-electron chi connectivity index (χ4n) is 3.16. The molecular weight excluding hydrogens is 330 g/mol. The predicted octanol–water partition coefficient (Wildman–Crippen LogP) is 5.00. The number of para-hydroxylation sites is 2. The Morgan fingerprint density at radius 3 is 2.40 bits per heavy atom. The summed E-state index contributed by atoms with van der Waals surface area (Å²) in [6.45, 7) is 0. The van der Waals surface area contributed by atoms with Gasteiger partial charge in [-0.05, 0) is 12.1 Å². The van der Waals surface area contributed by atoms with Crippen LogP contribution in [0.25, 0.3) is 33.1 Å². The molecule has 5 heteroatoms. The Bertz CT molecular complexity index is 1230. The highest BCUT2D eigenvalue weighted by Gasteiger charge is 2.18. The Kier molecular flexibility index (Phi) is 3.08. The van der Waals surface area contributed by atoms with Crippen LogP contribution in [0.2, 0.25) is 0 Å². The van der Waals surface area contributed by atoms with E-state index in [0.717, 1.165) is 33.1 Å². The highest BCUT2D eigenvalue weighted by atomic mass is 32.1. The van der Waals surface area contributed by atoms with Crippen LogP contribution >= 0.6 is 11.3 Å². The quantitative estimate of drug-likeness (QED) is 0.453. The van der Waals surface area contributed by atoms with E-state index in [0.29, 0.717) is 10.6 Å². The van der Waals surface area contributed by atoms with Gasteiger partial charge in [-0.2, -0.15) is 0 Å². The third-order valence-electron chi connectivity index (χ3n) is 4.40. The van der Waals surface area contributed by atoms with Gasteiger partial charge < -0.3 is 9.97 Å². The van der Waals surface area contributed by atoms with E-state index in [1.54, 1.807) is 6.20 Å². The molecule has 120 valence electrons. The molecular formula is C20H13N3OS. The molecule has 5 rings (SSSR count). The van der Waals surface area contributed by atoms with Crippen LogP contribution in [0, 0.1) is 0 Å². The highest BCUT2D eigenvalue weighted by Crippen LogP contribution is 2.30. The summed E-state index contributed by atoms with van der Waals surface area (Å²) in [6.07, 6.45) is 3.71. The van der Waals surface area contributed by atoms with E-state index < -0.39 is 0 Å². The number of fused-ring (bicyclic) bond motifs is 2. The maximum atomic E-state index is 12.9. The molecule has 0 saturated heterocycles. The minimum Gasteiger partial charge on any atom is -0.360 e. The van der Waals surface area contributed by atoms with Crippen LogP contribution in [-0.4, -0.2) is 20.7 Å². The summed E-state index contributed by atoms with van der Waals surface area (Å²) in [6, 6.07) is 15.9. The van der Waals surface area contributed by atoms with Crippen LogP contribution in [0.15, 0.2) is 66.3 Å². The first-order chi connectivity index (χ1) is 12.3. The number of hydrogen-bond donors (Lipinski definition) is 2. The molecule has 5 aromatic rings. The van der Waals surface area contributed by atoms with E-state index in [4.69, 9.17) is 0 Å². The zero-order chi connectivity index (χ0) is 16.8. The first kappa shape index (κ1) is 14.2. The largest absolute Gasteiger partial charge is 0.360 e. The Morgan fingerprint density at radius 2 is 1.56 bits per heavy atom. The lowest BCUT2D eigenvalue weighted by Crippen LogP contribution is -1.99. The molecule has 0 atom stereocenters. The minimum atomic E-state index is -0.0476. The first-order valence-corrected chi connectivity index (χ1v) is 8.82. The summed E-state index contributed by atoms with van der Waals surface area (Å²) in [5.74, 6) is -0.0476. The number of carbonyl (C=O) groups excluding carboxylic acids is 1. The molecule has 0 spiro atoms. The minimum absolute atomic E-state index is 0.0476. The van der Waals surface area contributed by atoms with E-state index >= 15 is 0 Å². The molecule has 0 bridgehead atoms. The first-order valence-electron chi connectivity index (χ1n) is 7.94. The van der Waals surface area contributed by atoms with E-state index in [-0.39, 0.29) is 5.78 Å². The van der Waals surface area contributed by atoms with Crippen LogP contribution in [0.1, 0.15) is 15.4 Å². The zero-order valence-corrected chi connectivity index (χ0v) is 13.9. The Labute approximate surface area is 147 Å². The zero-order valence-electron chi connectivity index (χ0n) is 13.1. The summed E-state index contributed by atoms with van der Waals surface area (Å²) in [4.78, 5) is 23.9. The number of nitrogens with one attached hydrogen (secondary N) is 2. The summed E-state index contributed by atoms with van der Waals surface area (Å²) < 4.78 is 0. The Morgan fingerprint density at radius 1 is 0.880 bits per heavy atom. The number of nitrogens with zero attached hydrogens (tertiary/aromatic N) is 1. The van der Waals surface area contributed by atoms with Crippen molar-refractivity contribution >= 4 is 38.9 Å². The van der Waals surface area contributed by atoms with Crippen molar-refractivity contribution in [2.75, 3.05) is 0 Å². The van der Waals surface area contributed by atoms with Crippen molar-refractivity contribution in [3.63, 3.8) is 0 Å². The van der Waals surface area contributed by atoms with Crippen LogP contribution in [-0.2, 0) is 0 Å². The smallest absolute Gasteiger partial charge is 0.223 e. The van der Waals surface area contributed by atoms with Crippen LogP contribution < -0.4 is 0 Å². The van der Waals surface area contributed by atoms with Crippen molar-refractivity contribution in [1.82, 2.24) is 15.0 Å². The number of thiazole rings is 1. The molecule has 0 aliphatic rings. The lowest BCUT2D eigenvalue weighted by molar-refractivity contribution is 0.104. The van der Waals surface area contributed by atoms with Gasteiger partial charge in [0.15, 0.2) is 5.01 Å². The summed E-state index contributed by atoms with van der Waals surface area (Å²) in [5, 5.41) is 4.48. The van der Waals surface area contributed by atoms with Gasteiger partial charge in [-0.15, -0.1) is 11.3 Å². The molecule has 0 amide bonds. The van der Waals surface area contributed by atoms with Gasteiger partial charge in [-0.1, -0.05) is 36.4 Å². The fourth-order valence-corrected chi connectivity index (χ4v) is 3.93. The van der Waals surface area contributed by atoms with Gasteiger partial charge in [0, 0.05) is 45.1 Å². The summed E-state index contributed by atoms with van der Waals surface area (Å²) >= 11 is 1.38. The predicted molar refractivity (Wildman–Crippen MR) is 101 cm³/mol. The van der Waals surface area contributed by atoms with Crippen molar-refractivity contribution < 1.29 is 4.79 Å². The fraction of sp³-hybridized carbons (Fsp3) is 0. The molecule has 2 N–H and O–H groups in total. The van der Waals surface area contributed by atoms with Crippen LogP contribution in [0.5, 0.6) is 0 Å². The number of benzene rings is 2. The lowest BCUT2D eigenvalue weighted by Gasteiger charge is -1.96. The van der Waals surface area contributed by atoms with E-state index in [1.165, 1.54) is 11.3 Å². The Hall–Kier alpha value is -3.18. The van der Waals surface area contributed by atoms with Gasteiger partial charge in [0.2, 0.25) is 5.78 Å². The van der Waals surface area contributed by atoms with E-state index in [1.807, 2.05) is 54.0 Å². The van der Waals surface area contributed by atoms with Gasteiger partial charge >= 0.3 is 0 Å². The maximum Gasteiger partial charge on any atom is 0.223 e. The monoisotopic (exact) mass is 343 g/mol. The van der Waals surface area contributed by atoms with Gasteiger partial charge in [0.1, 0.15) is 0 Å². The third-order valence-corrected chi connectivity index (χ3v) is 5.24. The molecule has 0 aliphatic heterocycles. The molecule has 3 aromatic heterocycles. The third kappa shape index (κ3) is 2.21. The lowest BCUT2D eigenvalue weighted by atomic mass is 10.1. The summed E-state index contributed by atoms with van der Waals surface area (Å²) in [5.41, 5.74) is 4.53. The van der Waals surface area contributed by atoms with E-state index in [9.17, 15) is 4.79 Å².